The number of amides is 2. The minimum Gasteiger partial charge on any atom is -0.354 e. The van der Waals surface area contributed by atoms with Gasteiger partial charge in [-0.15, -0.1) is 0 Å². The molecule has 0 saturated carbocycles. The first-order valence-electron chi connectivity index (χ1n) is 12.0. The van der Waals surface area contributed by atoms with Gasteiger partial charge < -0.3 is 15.1 Å². The highest BCUT2D eigenvalue weighted by atomic mass is 19.2. The predicted molar refractivity (Wildman–Crippen MR) is 134 cm³/mol. The van der Waals surface area contributed by atoms with Gasteiger partial charge in [0, 0.05) is 55.6 Å². The Morgan fingerprint density at radius 1 is 0.971 bits per heavy atom. The predicted octanol–water partition coefficient (Wildman–Crippen LogP) is 5.27. The van der Waals surface area contributed by atoms with E-state index in [0.717, 1.165) is 60.8 Å². The smallest absolute Gasteiger partial charge is 0.321 e. The highest BCUT2D eigenvalue weighted by Crippen LogP contribution is 2.26. The number of hydrogen-bond acceptors (Lipinski definition) is 4. The van der Waals surface area contributed by atoms with Crippen LogP contribution >= 0.6 is 0 Å². The first-order chi connectivity index (χ1) is 16.8. The lowest BCUT2D eigenvalue weighted by Gasteiger charge is -2.26. The van der Waals surface area contributed by atoms with Crippen LogP contribution in [0.5, 0.6) is 0 Å². The number of carbonyl (C=O) groups is 1. The molecule has 35 heavy (non-hydrogen) atoms. The van der Waals surface area contributed by atoms with Crippen LogP contribution in [0.1, 0.15) is 41.6 Å². The molecule has 0 spiro atoms. The molecule has 1 aliphatic rings. The quantitative estimate of drug-likeness (QED) is 0.542. The van der Waals surface area contributed by atoms with Crippen molar-refractivity contribution in [3.8, 4) is 0 Å². The van der Waals surface area contributed by atoms with Crippen molar-refractivity contribution in [1.82, 2.24) is 14.9 Å². The monoisotopic (exact) mass is 479 g/mol. The molecule has 1 N–H and O–H groups in total. The number of halogens is 2. The van der Waals surface area contributed by atoms with Gasteiger partial charge in [-0.05, 0) is 44.4 Å². The second-order valence-electron chi connectivity index (χ2n) is 8.92. The van der Waals surface area contributed by atoms with Gasteiger partial charge in [-0.25, -0.2) is 23.5 Å². The van der Waals surface area contributed by atoms with Gasteiger partial charge in [0.15, 0.2) is 11.6 Å². The Morgan fingerprint density at radius 2 is 1.74 bits per heavy atom. The number of hydrogen-bond donors (Lipinski definition) is 1. The molecule has 6 nitrogen and oxygen atoms in total. The lowest BCUT2D eigenvalue weighted by atomic mass is 10.0. The summed E-state index contributed by atoms with van der Waals surface area (Å²) in [5, 5.41) is 2.67. The standard InChI is InChI=1S/C27H31F2N5O/c1-4-25-22(16-20-8-6-18(2)7-9-20)26(31-19(3)30-25)33-12-5-13-34(15-14-33)27(35)32-21-10-11-23(28)24(29)17-21/h6-11,17H,4-5,12-16H2,1-3H3,(H,32,35). The molecule has 0 bridgehead atoms. The summed E-state index contributed by atoms with van der Waals surface area (Å²) >= 11 is 0. The molecule has 0 atom stereocenters. The lowest BCUT2D eigenvalue weighted by Crippen LogP contribution is -2.38. The van der Waals surface area contributed by atoms with Crippen molar-refractivity contribution in [3.05, 3.63) is 82.3 Å². The van der Waals surface area contributed by atoms with E-state index in [0.29, 0.717) is 19.6 Å². The molecule has 2 amide bonds. The van der Waals surface area contributed by atoms with E-state index < -0.39 is 11.6 Å². The SMILES string of the molecule is CCc1nc(C)nc(N2CCCN(C(=O)Nc3ccc(F)c(F)c3)CC2)c1Cc1ccc(C)cc1. The van der Waals surface area contributed by atoms with Crippen molar-refractivity contribution in [2.24, 2.45) is 0 Å². The van der Waals surface area contributed by atoms with Crippen LogP contribution in [0.2, 0.25) is 0 Å². The summed E-state index contributed by atoms with van der Waals surface area (Å²) in [5.74, 6) is -0.266. The summed E-state index contributed by atoms with van der Waals surface area (Å²) in [4.78, 5) is 26.3. The molecule has 0 unspecified atom stereocenters. The Kier molecular flexibility index (Phi) is 7.58. The van der Waals surface area contributed by atoms with E-state index in [4.69, 9.17) is 9.97 Å². The summed E-state index contributed by atoms with van der Waals surface area (Å²) < 4.78 is 26.7. The van der Waals surface area contributed by atoms with E-state index in [1.165, 1.54) is 17.2 Å². The van der Waals surface area contributed by atoms with Gasteiger partial charge in [-0.1, -0.05) is 36.8 Å². The van der Waals surface area contributed by atoms with Crippen molar-refractivity contribution >= 4 is 17.5 Å². The van der Waals surface area contributed by atoms with E-state index in [9.17, 15) is 13.6 Å². The van der Waals surface area contributed by atoms with Gasteiger partial charge in [0.1, 0.15) is 11.6 Å². The minimum atomic E-state index is -0.989. The van der Waals surface area contributed by atoms with Crippen LogP contribution in [0.15, 0.2) is 42.5 Å². The van der Waals surface area contributed by atoms with Crippen molar-refractivity contribution in [2.75, 3.05) is 36.4 Å². The van der Waals surface area contributed by atoms with Gasteiger partial charge in [0.25, 0.3) is 0 Å². The van der Waals surface area contributed by atoms with Crippen LogP contribution in [0.25, 0.3) is 0 Å². The number of urea groups is 1. The third kappa shape index (κ3) is 5.93. The molecule has 0 aliphatic carbocycles. The molecule has 8 heteroatoms. The maximum atomic E-state index is 13.5. The molecule has 184 valence electrons. The number of carbonyl (C=O) groups excluding carboxylic acids is 1. The summed E-state index contributed by atoms with van der Waals surface area (Å²) in [6.45, 7) is 8.53. The zero-order chi connectivity index (χ0) is 24.9. The number of rotatable bonds is 5. The highest BCUT2D eigenvalue weighted by Gasteiger charge is 2.24. The summed E-state index contributed by atoms with van der Waals surface area (Å²) in [7, 11) is 0. The molecule has 0 radical (unpaired) electrons. The van der Waals surface area contributed by atoms with E-state index >= 15 is 0 Å². The number of nitrogens with one attached hydrogen (secondary N) is 1. The number of aromatic nitrogens is 2. The van der Waals surface area contributed by atoms with Crippen LogP contribution in [0.4, 0.5) is 25.1 Å². The van der Waals surface area contributed by atoms with Crippen LogP contribution in [-0.4, -0.2) is 47.1 Å². The van der Waals surface area contributed by atoms with Crippen LogP contribution in [0, 0.1) is 25.5 Å². The van der Waals surface area contributed by atoms with E-state index in [-0.39, 0.29) is 11.7 Å². The van der Waals surface area contributed by atoms with Crippen molar-refractivity contribution in [3.63, 3.8) is 0 Å². The fraction of sp³-hybridized carbons (Fsp3) is 0.370. The Morgan fingerprint density at radius 3 is 2.46 bits per heavy atom. The Balaban J connectivity index is 1.52. The topological polar surface area (TPSA) is 61.4 Å². The Bertz CT molecular complexity index is 1200. The molecule has 1 fully saturated rings. The van der Waals surface area contributed by atoms with Gasteiger partial charge >= 0.3 is 6.03 Å². The first-order valence-corrected chi connectivity index (χ1v) is 12.0. The number of anilines is 2. The van der Waals surface area contributed by atoms with Gasteiger partial charge in [-0.3, -0.25) is 0 Å². The summed E-state index contributed by atoms with van der Waals surface area (Å²) in [6, 6.07) is 11.5. The highest BCUT2D eigenvalue weighted by molar-refractivity contribution is 5.89. The van der Waals surface area contributed by atoms with Crippen LogP contribution < -0.4 is 10.2 Å². The van der Waals surface area contributed by atoms with Gasteiger partial charge in [-0.2, -0.15) is 0 Å². The van der Waals surface area contributed by atoms with Crippen molar-refractivity contribution in [1.29, 1.82) is 0 Å². The van der Waals surface area contributed by atoms with Crippen LogP contribution in [0.3, 0.4) is 0 Å². The first kappa shape index (κ1) is 24.6. The molecular formula is C27H31F2N5O. The second-order valence-corrected chi connectivity index (χ2v) is 8.92. The fourth-order valence-corrected chi connectivity index (χ4v) is 4.39. The largest absolute Gasteiger partial charge is 0.354 e. The molecule has 1 saturated heterocycles. The Labute approximate surface area is 205 Å². The molecule has 2 heterocycles. The minimum absolute atomic E-state index is 0.231. The lowest BCUT2D eigenvalue weighted by molar-refractivity contribution is 0.215. The van der Waals surface area contributed by atoms with E-state index in [1.807, 2.05) is 6.92 Å². The Hall–Kier alpha value is -3.55. The van der Waals surface area contributed by atoms with Crippen molar-refractivity contribution < 1.29 is 13.6 Å². The average molecular weight is 480 g/mol. The van der Waals surface area contributed by atoms with Crippen LogP contribution in [-0.2, 0) is 12.8 Å². The van der Waals surface area contributed by atoms with Gasteiger partial charge in [0.2, 0.25) is 0 Å². The molecule has 4 rings (SSSR count). The molecule has 1 aromatic heterocycles. The third-order valence-corrected chi connectivity index (χ3v) is 6.27. The summed E-state index contributed by atoms with van der Waals surface area (Å²) in [5.41, 5.74) is 4.83. The molecule has 3 aromatic rings. The second kappa shape index (κ2) is 10.8. The van der Waals surface area contributed by atoms with E-state index in [2.05, 4.69) is 48.3 Å². The number of aryl methyl sites for hydroxylation is 3. The molecule has 2 aromatic carbocycles. The normalized spacial score (nSPS) is 14.1. The molecule has 1 aliphatic heterocycles. The molecular weight excluding hydrogens is 448 g/mol. The number of nitrogens with zero attached hydrogens (tertiary/aromatic N) is 4. The summed E-state index contributed by atoms with van der Waals surface area (Å²) in [6.07, 6.45) is 2.32. The third-order valence-electron chi connectivity index (χ3n) is 6.27. The average Bonchev–Trinajstić information content (AvgIpc) is 3.10. The maximum Gasteiger partial charge on any atom is 0.321 e. The van der Waals surface area contributed by atoms with E-state index in [1.54, 1.807) is 4.90 Å². The zero-order valence-corrected chi connectivity index (χ0v) is 20.4. The fourth-order valence-electron chi connectivity index (χ4n) is 4.39. The maximum absolute atomic E-state index is 13.5. The number of benzene rings is 2. The zero-order valence-electron chi connectivity index (χ0n) is 20.4. The van der Waals surface area contributed by atoms with Gasteiger partial charge in [0.05, 0.1) is 0 Å². The van der Waals surface area contributed by atoms with Crippen molar-refractivity contribution in [2.45, 2.75) is 40.0 Å².